The van der Waals surface area contributed by atoms with E-state index in [4.69, 9.17) is 4.74 Å². The number of carbonyl (C=O) groups is 1. The van der Waals surface area contributed by atoms with E-state index >= 15 is 0 Å². The van der Waals surface area contributed by atoms with Crippen molar-refractivity contribution < 1.29 is 17.9 Å². The number of benzene rings is 2. The van der Waals surface area contributed by atoms with Crippen LogP contribution in [-0.2, 0) is 14.8 Å². The maximum Gasteiger partial charge on any atom is 0.246 e. The van der Waals surface area contributed by atoms with Crippen LogP contribution in [0.1, 0.15) is 18.1 Å². The predicted molar refractivity (Wildman–Crippen MR) is 124 cm³/mol. The molecule has 1 aliphatic rings. The molecular formula is C23H31N3O4S. The molecule has 168 valence electrons. The normalized spacial score (nSPS) is 15.5. The van der Waals surface area contributed by atoms with Crippen molar-refractivity contribution in [1.29, 1.82) is 0 Å². The number of carbonyl (C=O) groups excluding carboxylic acids is 1. The van der Waals surface area contributed by atoms with Gasteiger partial charge in [-0.05, 0) is 68.3 Å². The van der Waals surface area contributed by atoms with Crippen molar-refractivity contribution in [3.63, 3.8) is 0 Å². The summed E-state index contributed by atoms with van der Waals surface area (Å²) in [5, 5.41) is 0. The van der Waals surface area contributed by atoms with Crippen LogP contribution in [0.25, 0.3) is 0 Å². The molecule has 1 saturated heterocycles. The van der Waals surface area contributed by atoms with Gasteiger partial charge in [0.05, 0.1) is 19.1 Å². The van der Waals surface area contributed by atoms with Crippen LogP contribution in [0, 0.1) is 13.8 Å². The van der Waals surface area contributed by atoms with Crippen LogP contribution in [0.3, 0.4) is 0 Å². The van der Waals surface area contributed by atoms with Gasteiger partial charge in [-0.1, -0.05) is 6.07 Å². The highest BCUT2D eigenvalue weighted by Gasteiger charge is 2.33. The lowest BCUT2D eigenvalue weighted by molar-refractivity contribution is -0.132. The molecule has 1 fully saturated rings. The summed E-state index contributed by atoms with van der Waals surface area (Å²) < 4.78 is 31.6. The number of ether oxygens (including phenoxy) is 1. The lowest BCUT2D eigenvalue weighted by atomic mass is 10.1. The maximum absolute atomic E-state index is 13.2. The van der Waals surface area contributed by atoms with Crippen molar-refractivity contribution in [3.05, 3.63) is 53.6 Å². The van der Waals surface area contributed by atoms with Gasteiger partial charge in [0, 0.05) is 31.9 Å². The number of piperazine rings is 1. The van der Waals surface area contributed by atoms with Crippen LogP contribution < -0.4 is 13.9 Å². The number of hydrogen-bond acceptors (Lipinski definition) is 5. The molecule has 1 aliphatic heterocycles. The second-order valence-corrected chi connectivity index (χ2v) is 9.87. The lowest BCUT2D eigenvalue weighted by Gasteiger charge is -2.39. The number of nitrogens with zero attached hydrogens (tertiary/aromatic N) is 3. The molecule has 0 saturated carbocycles. The average molecular weight is 446 g/mol. The first-order chi connectivity index (χ1) is 14.6. The molecule has 2 aromatic rings. The van der Waals surface area contributed by atoms with Gasteiger partial charge in [0.15, 0.2) is 0 Å². The van der Waals surface area contributed by atoms with Gasteiger partial charge >= 0.3 is 0 Å². The third kappa shape index (κ3) is 5.12. The SMILES string of the molecule is COc1ccc(N2CCN(C(=O)C(C)N(c3ccc(C)c(C)c3)S(C)(=O)=O)CC2)cc1. The standard InChI is InChI=1S/C23H31N3O4S/c1-17-6-7-21(16-18(17)2)26(31(5,28)29)19(3)23(27)25-14-12-24(13-15-25)20-8-10-22(30-4)11-9-20/h6-11,16,19H,12-15H2,1-5H3. The molecule has 1 atom stereocenters. The molecule has 1 heterocycles. The third-order valence-electron chi connectivity index (χ3n) is 5.84. The summed E-state index contributed by atoms with van der Waals surface area (Å²) in [6.07, 6.45) is 1.15. The zero-order valence-electron chi connectivity index (χ0n) is 18.8. The molecule has 31 heavy (non-hydrogen) atoms. The highest BCUT2D eigenvalue weighted by molar-refractivity contribution is 7.92. The monoisotopic (exact) mass is 445 g/mol. The summed E-state index contributed by atoms with van der Waals surface area (Å²) in [4.78, 5) is 17.2. The van der Waals surface area contributed by atoms with E-state index in [0.717, 1.165) is 28.8 Å². The number of hydrogen-bond donors (Lipinski definition) is 0. The molecule has 0 spiro atoms. The van der Waals surface area contributed by atoms with Gasteiger partial charge in [-0.15, -0.1) is 0 Å². The van der Waals surface area contributed by atoms with Crippen molar-refractivity contribution in [2.75, 3.05) is 48.7 Å². The summed E-state index contributed by atoms with van der Waals surface area (Å²) in [5.74, 6) is 0.622. The second kappa shape index (κ2) is 9.18. The fourth-order valence-corrected chi connectivity index (χ4v) is 5.07. The van der Waals surface area contributed by atoms with Gasteiger partial charge in [0.25, 0.3) is 0 Å². The Hall–Kier alpha value is -2.74. The van der Waals surface area contributed by atoms with Crippen molar-refractivity contribution in [2.45, 2.75) is 26.8 Å². The highest BCUT2D eigenvalue weighted by Crippen LogP contribution is 2.25. The molecule has 1 amide bonds. The van der Waals surface area contributed by atoms with Crippen molar-refractivity contribution in [1.82, 2.24) is 4.90 Å². The van der Waals surface area contributed by atoms with E-state index in [1.807, 2.05) is 50.2 Å². The molecule has 0 aromatic heterocycles. The lowest BCUT2D eigenvalue weighted by Crippen LogP contribution is -2.55. The number of methoxy groups -OCH3 is 1. The molecule has 0 radical (unpaired) electrons. The second-order valence-electron chi connectivity index (χ2n) is 8.01. The van der Waals surface area contributed by atoms with Gasteiger partial charge in [-0.3, -0.25) is 9.10 Å². The van der Waals surface area contributed by atoms with Crippen molar-refractivity contribution in [3.8, 4) is 5.75 Å². The molecule has 0 N–H and O–H groups in total. The molecule has 2 aromatic carbocycles. The number of aryl methyl sites for hydroxylation is 2. The van der Waals surface area contributed by atoms with E-state index in [2.05, 4.69) is 4.90 Å². The maximum atomic E-state index is 13.2. The van der Waals surface area contributed by atoms with Gasteiger partial charge in [0.1, 0.15) is 11.8 Å². The first-order valence-electron chi connectivity index (χ1n) is 10.4. The van der Waals surface area contributed by atoms with Crippen LogP contribution in [0.2, 0.25) is 0 Å². The quantitative estimate of drug-likeness (QED) is 0.684. The van der Waals surface area contributed by atoms with Crippen LogP contribution in [0.4, 0.5) is 11.4 Å². The van der Waals surface area contributed by atoms with Crippen LogP contribution in [-0.4, -0.2) is 64.8 Å². The number of anilines is 2. The van der Waals surface area contributed by atoms with Crippen LogP contribution in [0.15, 0.2) is 42.5 Å². The minimum atomic E-state index is -3.63. The molecule has 3 rings (SSSR count). The average Bonchev–Trinajstić information content (AvgIpc) is 2.75. The van der Waals surface area contributed by atoms with E-state index in [9.17, 15) is 13.2 Å². The number of sulfonamides is 1. The summed E-state index contributed by atoms with van der Waals surface area (Å²) in [7, 11) is -1.99. The largest absolute Gasteiger partial charge is 0.497 e. The first-order valence-corrected chi connectivity index (χ1v) is 12.2. The van der Waals surface area contributed by atoms with E-state index < -0.39 is 16.1 Å². The van der Waals surface area contributed by atoms with E-state index in [1.54, 1.807) is 25.0 Å². The minimum absolute atomic E-state index is 0.182. The Morgan fingerprint density at radius 2 is 1.61 bits per heavy atom. The zero-order valence-corrected chi connectivity index (χ0v) is 19.6. The fraction of sp³-hybridized carbons (Fsp3) is 0.435. The predicted octanol–water partition coefficient (Wildman–Crippen LogP) is 2.82. The third-order valence-corrected chi connectivity index (χ3v) is 7.08. The Morgan fingerprint density at radius 1 is 1.00 bits per heavy atom. The number of rotatable bonds is 6. The van der Waals surface area contributed by atoms with E-state index in [-0.39, 0.29) is 5.91 Å². The van der Waals surface area contributed by atoms with Crippen molar-refractivity contribution in [2.24, 2.45) is 0 Å². The smallest absolute Gasteiger partial charge is 0.246 e. The van der Waals surface area contributed by atoms with Gasteiger partial charge in [0.2, 0.25) is 15.9 Å². The molecule has 1 unspecified atom stereocenters. The van der Waals surface area contributed by atoms with Crippen LogP contribution >= 0.6 is 0 Å². The summed E-state index contributed by atoms with van der Waals surface area (Å²) in [5.41, 5.74) is 3.65. The first kappa shape index (κ1) is 22.9. The summed E-state index contributed by atoms with van der Waals surface area (Å²) >= 11 is 0. The molecule has 0 bridgehead atoms. The highest BCUT2D eigenvalue weighted by atomic mass is 32.2. The molecule has 0 aliphatic carbocycles. The molecular weight excluding hydrogens is 414 g/mol. The number of amides is 1. The van der Waals surface area contributed by atoms with Gasteiger partial charge < -0.3 is 14.5 Å². The Bertz CT molecular complexity index is 1030. The molecule has 7 nitrogen and oxygen atoms in total. The Balaban J connectivity index is 1.72. The Morgan fingerprint density at radius 3 is 2.13 bits per heavy atom. The van der Waals surface area contributed by atoms with Gasteiger partial charge in [-0.2, -0.15) is 0 Å². The van der Waals surface area contributed by atoms with E-state index in [1.165, 1.54) is 4.31 Å². The Labute approximate surface area is 185 Å². The van der Waals surface area contributed by atoms with E-state index in [0.29, 0.717) is 31.9 Å². The fourth-order valence-electron chi connectivity index (χ4n) is 3.91. The topological polar surface area (TPSA) is 70.2 Å². The summed E-state index contributed by atoms with van der Waals surface area (Å²) in [6, 6.07) is 12.5. The Kier molecular flexibility index (Phi) is 6.79. The minimum Gasteiger partial charge on any atom is -0.497 e. The van der Waals surface area contributed by atoms with Crippen LogP contribution in [0.5, 0.6) is 5.75 Å². The molecule has 8 heteroatoms. The zero-order chi connectivity index (χ0) is 22.8. The van der Waals surface area contributed by atoms with Crippen molar-refractivity contribution >= 4 is 27.3 Å². The summed E-state index contributed by atoms with van der Waals surface area (Å²) in [6.45, 7) is 8.03. The van der Waals surface area contributed by atoms with Gasteiger partial charge in [-0.25, -0.2) is 8.42 Å².